The van der Waals surface area contributed by atoms with Crippen molar-refractivity contribution >= 4 is 42.6 Å². The summed E-state index contributed by atoms with van der Waals surface area (Å²) in [4.78, 5) is 22.4. The van der Waals surface area contributed by atoms with Crippen molar-refractivity contribution in [2.45, 2.75) is 51.0 Å². The molecule has 4 rings (SSSR count). The van der Waals surface area contributed by atoms with E-state index >= 15 is 0 Å². The van der Waals surface area contributed by atoms with E-state index < -0.39 is 10.0 Å². The predicted molar refractivity (Wildman–Crippen MR) is 143 cm³/mol. The Hall–Kier alpha value is -2.33. The minimum Gasteiger partial charge on any atom is -0.308 e. The quantitative estimate of drug-likeness (QED) is 0.458. The lowest BCUT2D eigenvalue weighted by molar-refractivity contribution is 0.0985. The number of anilines is 1. The van der Waals surface area contributed by atoms with Crippen LogP contribution in [0, 0.1) is 13.8 Å². The minimum absolute atomic E-state index is 0.0114. The maximum absolute atomic E-state index is 13.6. The first-order valence-corrected chi connectivity index (χ1v) is 14.3. The summed E-state index contributed by atoms with van der Waals surface area (Å²) in [5.41, 5.74) is 3.65. The standard InChI is InChI=1S/C26H34N4O3S2/c1-18-9-14-23-24(20(18)3)27-26(34-23)29(17-16-28(4)5)25(31)21-10-12-22(13-11-21)35(32,33)30-15-7-6-8-19(30)2/h9-14,19H,6-8,15-17H2,1-5H3. The fourth-order valence-electron chi connectivity index (χ4n) is 4.40. The third-order valence-electron chi connectivity index (χ3n) is 6.77. The molecule has 188 valence electrons. The molecule has 1 amide bonds. The van der Waals surface area contributed by atoms with Crippen molar-refractivity contribution in [2.75, 3.05) is 38.6 Å². The summed E-state index contributed by atoms with van der Waals surface area (Å²) < 4.78 is 29.0. The first kappa shape index (κ1) is 25.8. The van der Waals surface area contributed by atoms with Crippen LogP contribution in [0.2, 0.25) is 0 Å². The van der Waals surface area contributed by atoms with E-state index in [0.717, 1.165) is 35.0 Å². The van der Waals surface area contributed by atoms with Gasteiger partial charge in [-0.1, -0.05) is 23.8 Å². The smallest absolute Gasteiger partial charge is 0.260 e. The molecule has 1 fully saturated rings. The molecule has 0 aliphatic carbocycles. The van der Waals surface area contributed by atoms with Crippen LogP contribution in [0.4, 0.5) is 5.13 Å². The highest BCUT2D eigenvalue weighted by atomic mass is 32.2. The van der Waals surface area contributed by atoms with Crippen molar-refractivity contribution in [3.05, 3.63) is 53.1 Å². The van der Waals surface area contributed by atoms with Crippen molar-refractivity contribution < 1.29 is 13.2 Å². The van der Waals surface area contributed by atoms with Crippen LogP contribution in [0.25, 0.3) is 10.2 Å². The second-order valence-corrected chi connectivity index (χ2v) is 12.5. The van der Waals surface area contributed by atoms with Gasteiger partial charge in [0.25, 0.3) is 5.91 Å². The Kier molecular flexibility index (Phi) is 7.61. The lowest BCUT2D eigenvalue weighted by Gasteiger charge is -2.32. The zero-order valence-electron chi connectivity index (χ0n) is 21.1. The Labute approximate surface area is 212 Å². The number of carbonyl (C=O) groups excluding carboxylic acids is 1. The molecule has 1 aliphatic rings. The molecule has 2 aromatic carbocycles. The number of amides is 1. The number of thiazole rings is 1. The Bertz CT molecular complexity index is 1320. The molecule has 9 heteroatoms. The van der Waals surface area contributed by atoms with E-state index in [9.17, 15) is 13.2 Å². The number of sulfonamides is 1. The summed E-state index contributed by atoms with van der Waals surface area (Å²) >= 11 is 1.50. The predicted octanol–water partition coefficient (Wildman–Crippen LogP) is 4.68. The normalized spacial score (nSPS) is 17.3. The summed E-state index contributed by atoms with van der Waals surface area (Å²) in [5, 5.41) is 0.652. The van der Waals surface area contributed by atoms with Crippen molar-refractivity contribution in [1.29, 1.82) is 0 Å². The van der Waals surface area contributed by atoms with Gasteiger partial charge in [0.05, 0.1) is 15.1 Å². The van der Waals surface area contributed by atoms with Gasteiger partial charge in [-0.25, -0.2) is 13.4 Å². The lowest BCUT2D eigenvalue weighted by atomic mass is 10.1. The Morgan fingerprint density at radius 3 is 2.46 bits per heavy atom. The van der Waals surface area contributed by atoms with Crippen LogP contribution in [-0.2, 0) is 10.0 Å². The average Bonchev–Trinajstić information content (AvgIpc) is 3.26. The molecule has 2 heterocycles. The topological polar surface area (TPSA) is 73.8 Å². The van der Waals surface area contributed by atoms with Gasteiger partial charge in [-0.2, -0.15) is 4.31 Å². The van der Waals surface area contributed by atoms with Gasteiger partial charge >= 0.3 is 0 Å². The SMILES string of the molecule is Cc1ccc2sc(N(CCN(C)C)C(=O)c3ccc(S(=O)(=O)N4CCCCC4C)cc3)nc2c1C. The molecule has 1 aliphatic heterocycles. The molecule has 0 N–H and O–H groups in total. The second-order valence-electron chi connectivity index (χ2n) is 9.60. The van der Waals surface area contributed by atoms with Crippen LogP contribution < -0.4 is 4.90 Å². The van der Waals surface area contributed by atoms with E-state index in [-0.39, 0.29) is 16.8 Å². The number of carbonyl (C=O) groups is 1. The van der Waals surface area contributed by atoms with Gasteiger partial charge < -0.3 is 4.90 Å². The number of piperidine rings is 1. The van der Waals surface area contributed by atoms with Crippen molar-refractivity contribution in [3.63, 3.8) is 0 Å². The second kappa shape index (κ2) is 10.3. The third-order valence-corrected chi connectivity index (χ3v) is 9.84. The van der Waals surface area contributed by atoms with Gasteiger partial charge in [-0.3, -0.25) is 9.69 Å². The third kappa shape index (κ3) is 5.28. The highest BCUT2D eigenvalue weighted by Gasteiger charge is 2.31. The molecule has 7 nitrogen and oxygen atoms in total. The molecular formula is C26H34N4O3S2. The fraction of sp³-hybridized carbons (Fsp3) is 0.462. The maximum atomic E-state index is 13.6. The zero-order chi connectivity index (χ0) is 25.3. The number of hydrogen-bond acceptors (Lipinski definition) is 6. The molecule has 1 aromatic heterocycles. The summed E-state index contributed by atoms with van der Waals surface area (Å²) in [7, 11) is 0.354. The number of rotatable bonds is 7. The number of nitrogens with zero attached hydrogens (tertiary/aromatic N) is 4. The molecule has 1 saturated heterocycles. The van der Waals surface area contributed by atoms with E-state index in [1.165, 1.54) is 16.9 Å². The van der Waals surface area contributed by atoms with E-state index in [1.807, 2.05) is 25.9 Å². The number of likely N-dealkylation sites (N-methyl/N-ethyl adjacent to an activating group) is 1. The van der Waals surface area contributed by atoms with Crippen LogP contribution >= 0.6 is 11.3 Å². The maximum Gasteiger partial charge on any atom is 0.260 e. The fourth-order valence-corrected chi connectivity index (χ4v) is 7.15. The molecule has 0 bridgehead atoms. The van der Waals surface area contributed by atoms with Crippen LogP contribution in [0.15, 0.2) is 41.3 Å². The van der Waals surface area contributed by atoms with Crippen LogP contribution in [0.1, 0.15) is 47.7 Å². The van der Waals surface area contributed by atoms with E-state index in [4.69, 9.17) is 4.98 Å². The van der Waals surface area contributed by atoms with Gasteiger partial charge in [-0.15, -0.1) is 0 Å². The number of benzene rings is 2. The van der Waals surface area contributed by atoms with Crippen molar-refractivity contribution in [2.24, 2.45) is 0 Å². The van der Waals surface area contributed by atoms with Crippen LogP contribution in [-0.4, -0.2) is 68.3 Å². The summed E-state index contributed by atoms with van der Waals surface area (Å²) in [5.74, 6) is -0.185. The summed E-state index contributed by atoms with van der Waals surface area (Å²) in [6.45, 7) is 7.77. The van der Waals surface area contributed by atoms with Crippen LogP contribution in [0.5, 0.6) is 0 Å². The van der Waals surface area contributed by atoms with Gasteiger partial charge in [0.2, 0.25) is 10.0 Å². The average molecular weight is 515 g/mol. The van der Waals surface area contributed by atoms with Crippen molar-refractivity contribution in [3.8, 4) is 0 Å². The summed E-state index contributed by atoms with van der Waals surface area (Å²) in [6.07, 6.45) is 2.80. The highest BCUT2D eigenvalue weighted by molar-refractivity contribution is 7.89. The highest BCUT2D eigenvalue weighted by Crippen LogP contribution is 2.33. The molecular weight excluding hydrogens is 480 g/mol. The summed E-state index contributed by atoms with van der Waals surface area (Å²) in [6, 6.07) is 10.5. The van der Waals surface area contributed by atoms with E-state index in [2.05, 4.69) is 26.0 Å². The molecule has 35 heavy (non-hydrogen) atoms. The largest absolute Gasteiger partial charge is 0.308 e. The van der Waals surface area contributed by atoms with Crippen LogP contribution in [0.3, 0.4) is 0 Å². The number of aryl methyl sites for hydroxylation is 2. The first-order chi connectivity index (χ1) is 16.6. The lowest BCUT2D eigenvalue weighted by Crippen LogP contribution is -2.41. The Morgan fingerprint density at radius 2 is 1.80 bits per heavy atom. The van der Waals surface area contributed by atoms with Crippen molar-refractivity contribution in [1.82, 2.24) is 14.2 Å². The molecule has 0 radical (unpaired) electrons. The van der Waals surface area contributed by atoms with Gasteiger partial charge in [0.15, 0.2) is 5.13 Å². The first-order valence-electron chi connectivity index (χ1n) is 12.0. The molecule has 0 saturated carbocycles. The number of fused-ring (bicyclic) bond motifs is 1. The number of hydrogen-bond donors (Lipinski definition) is 0. The van der Waals surface area contributed by atoms with Gasteiger partial charge in [0, 0.05) is 31.2 Å². The molecule has 0 spiro atoms. The van der Waals surface area contributed by atoms with E-state index in [0.29, 0.717) is 30.3 Å². The van der Waals surface area contributed by atoms with E-state index in [1.54, 1.807) is 33.5 Å². The zero-order valence-corrected chi connectivity index (χ0v) is 22.7. The number of aromatic nitrogens is 1. The van der Waals surface area contributed by atoms with Gasteiger partial charge in [-0.05, 0) is 89.2 Å². The monoisotopic (exact) mass is 514 g/mol. The minimum atomic E-state index is -3.58. The van der Waals surface area contributed by atoms with Gasteiger partial charge in [0.1, 0.15) is 0 Å². The molecule has 3 aromatic rings. The molecule has 1 atom stereocenters. The Balaban J connectivity index is 1.64. The Morgan fingerprint density at radius 1 is 1.09 bits per heavy atom. The molecule has 1 unspecified atom stereocenters.